The molecular weight excluding hydrogens is 216 g/mol. The van der Waals surface area contributed by atoms with Gasteiger partial charge in [0.15, 0.2) is 11.9 Å². The number of carbonyl (C=O) groups is 2. The molecule has 1 aromatic carbocycles. The van der Waals surface area contributed by atoms with Crippen molar-refractivity contribution in [3.63, 3.8) is 0 Å². The zero-order chi connectivity index (χ0) is 11.3. The number of benzene rings is 1. The molecule has 1 atom stereocenters. The molecule has 0 saturated carbocycles. The third kappa shape index (κ3) is 3.65. The van der Waals surface area contributed by atoms with Gasteiger partial charge in [0.25, 0.3) is 5.24 Å². The Kier molecular flexibility index (Phi) is 4.21. The van der Waals surface area contributed by atoms with Gasteiger partial charge in [-0.15, -0.1) is 0 Å². The number of rotatable bonds is 4. The fourth-order valence-corrected chi connectivity index (χ4v) is 1.05. The summed E-state index contributed by atoms with van der Waals surface area (Å²) in [4.78, 5) is 21.6. The van der Waals surface area contributed by atoms with Crippen LogP contribution in [0.4, 0.5) is 0 Å². The normalized spacial score (nSPS) is 12.7. The predicted octanol–water partition coefficient (Wildman–Crippen LogP) is 1.40. The largest absolute Gasteiger partial charge is 0.376 e. The van der Waals surface area contributed by atoms with E-state index < -0.39 is 17.1 Å². The smallest absolute Gasteiger partial charge is 0.258 e. The number of hydrogen-bond donors (Lipinski definition) is 1. The minimum atomic E-state index is -1.77. The van der Waals surface area contributed by atoms with E-state index in [9.17, 15) is 9.59 Å². The van der Waals surface area contributed by atoms with Gasteiger partial charge in [-0.2, -0.15) is 0 Å². The van der Waals surface area contributed by atoms with Crippen LogP contribution in [0.1, 0.15) is 5.56 Å². The van der Waals surface area contributed by atoms with E-state index in [2.05, 4.69) is 0 Å². The van der Waals surface area contributed by atoms with Crippen LogP contribution in [0.5, 0.6) is 0 Å². The van der Waals surface area contributed by atoms with E-state index >= 15 is 0 Å². The maximum atomic E-state index is 11.1. The molecule has 0 amide bonds. The lowest BCUT2D eigenvalue weighted by Crippen LogP contribution is -2.24. The van der Waals surface area contributed by atoms with Crippen LogP contribution in [0.25, 0.3) is 6.08 Å². The molecule has 1 N–H and O–H groups in total. The first-order chi connectivity index (χ1) is 7.11. The maximum absolute atomic E-state index is 11.1. The molecule has 1 rings (SSSR count). The third-order valence-corrected chi connectivity index (χ3v) is 1.93. The number of aliphatic hydroxyl groups excluding tert-OH is 1. The van der Waals surface area contributed by atoms with Crippen LogP contribution in [0.2, 0.25) is 0 Å². The second kappa shape index (κ2) is 5.44. The monoisotopic (exact) mass is 224 g/mol. The van der Waals surface area contributed by atoms with Gasteiger partial charge in [-0.3, -0.25) is 9.59 Å². The van der Waals surface area contributed by atoms with Gasteiger partial charge in [-0.25, -0.2) is 0 Å². The maximum Gasteiger partial charge on any atom is 0.258 e. The second-order valence-corrected chi connectivity index (χ2v) is 3.23. The van der Waals surface area contributed by atoms with E-state index in [1.165, 1.54) is 6.08 Å². The SMILES string of the molecule is O=C(Cl)C(O)C(=O)C=Cc1ccccc1. The van der Waals surface area contributed by atoms with Gasteiger partial charge in [-0.05, 0) is 23.2 Å². The highest BCUT2D eigenvalue weighted by atomic mass is 35.5. The Balaban J connectivity index is 2.67. The summed E-state index contributed by atoms with van der Waals surface area (Å²) in [6.45, 7) is 0. The lowest BCUT2D eigenvalue weighted by molar-refractivity contribution is -0.131. The van der Waals surface area contributed by atoms with Crippen LogP contribution in [0.15, 0.2) is 36.4 Å². The van der Waals surface area contributed by atoms with E-state index in [0.29, 0.717) is 0 Å². The Morgan fingerprint density at radius 2 is 1.87 bits per heavy atom. The first-order valence-corrected chi connectivity index (χ1v) is 4.63. The molecule has 0 fully saturated rings. The first kappa shape index (κ1) is 11.6. The van der Waals surface area contributed by atoms with Gasteiger partial charge in [-0.1, -0.05) is 36.4 Å². The summed E-state index contributed by atoms with van der Waals surface area (Å²) in [6.07, 6.45) is 0.859. The van der Waals surface area contributed by atoms with Gasteiger partial charge >= 0.3 is 0 Å². The Morgan fingerprint density at radius 3 is 2.40 bits per heavy atom. The summed E-state index contributed by atoms with van der Waals surface area (Å²) in [5.74, 6) is -0.723. The molecule has 0 saturated heterocycles. The third-order valence-electron chi connectivity index (χ3n) is 1.72. The van der Waals surface area contributed by atoms with Crippen molar-refractivity contribution >= 4 is 28.7 Å². The summed E-state index contributed by atoms with van der Waals surface area (Å²) in [5, 5.41) is 7.92. The van der Waals surface area contributed by atoms with Gasteiger partial charge in [0.1, 0.15) is 0 Å². The van der Waals surface area contributed by atoms with Crippen molar-refractivity contribution in [3.8, 4) is 0 Å². The second-order valence-electron chi connectivity index (χ2n) is 2.85. The molecule has 1 aromatic rings. The molecule has 4 heteroatoms. The summed E-state index contributed by atoms with van der Waals surface area (Å²) in [5.41, 5.74) is 0.806. The molecule has 15 heavy (non-hydrogen) atoms. The Morgan fingerprint density at radius 1 is 1.27 bits per heavy atom. The van der Waals surface area contributed by atoms with Gasteiger partial charge in [0.2, 0.25) is 0 Å². The van der Waals surface area contributed by atoms with Crippen molar-refractivity contribution in [2.75, 3.05) is 0 Å². The molecular formula is C11H9ClO3. The van der Waals surface area contributed by atoms with Crippen LogP contribution >= 0.6 is 11.6 Å². The van der Waals surface area contributed by atoms with E-state index in [1.54, 1.807) is 12.1 Å². The predicted molar refractivity (Wildman–Crippen MR) is 57.3 cm³/mol. The molecule has 0 aliphatic rings. The van der Waals surface area contributed by atoms with Crippen molar-refractivity contribution in [3.05, 3.63) is 42.0 Å². The lowest BCUT2D eigenvalue weighted by atomic mass is 10.1. The van der Waals surface area contributed by atoms with Crippen LogP contribution in [-0.2, 0) is 9.59 Å². The molecule has 0 radical (unpaired) electrons. The van der Waals surface area contributed by atoms with E-state index in [0.717, 1.165) is 11.6 Å². The molecule has 0 spiro atoms. The minimum absolute atomic E-state index is 0.723. The van der Waals surface area contributed by atoms with Gasteiger partial charge in [0.05, 0.1) is 0 Å². The number of aliphatic hydroxyl groups is 1. The van der Waals surface area contributed by atoms with Crippen molar-refractivity contribution in [1.29, 1.82) is 0 Å². The van der Waals surface area contributed by atoms with E-state index in [1.807, 2.05) is 18.2 Å². The number of carbonyl (C=O) groups excluding carboxylic acids is 2. The highest BCUT2D eigenvalue weighted by molar-refractivity contribution is 6.66. The Hall–Kier alpha value is -1.45. The lowest BCUT2D eigenvalue weighted by Gasteiger charge is -1.98. The van der Waals surface area contributed by atoms with Crippen molar-refractivity contribution < 1.29 is 14.7 Å². The fraction of sp³-hybridized carbons (Fsp3) is 0.0909. The van der Waals surface area contributed by atoms with Crippen molar-refractivity contribution in [1.82, 2.24) is 0 Å². The molecule has 0 aliphatic heterocycles. The van der Waals surface area contributed by atoms with Crippen LogP contribution in [0, 0.1) is 0 Å². The average molecular weight is 225 g/mol. The first-order valence-electron chi connectivity index (χ1n) is 4.25. The Labute approximate surface area is 92.0 Å². The minimum Gasteiger partial charge on any atom is -0.376 e. The number of hydrogen-bond acceptors (Lipinski definition) is 3. The molecule has 3 nitrogen and oxygen atoms in total. The highest BCUT2D eigenvalue weighted by Gasteiger charge is 2.18. The summed E-state index contributed by atoms with van der Waals surface area (Å²) >= 11 is 4.96. The molecule has 78 valence electrons. The molecule has 0 aromatic heterocycles. The van der Waals surface area contributed by atoms with Crippen LogP contribution < -0.4 is 0 Å². The Bertz CT molecular complexity index is 384. The highest BCUT2D eigenvalue weighted by Crippen LogP contribution is 2.02. The molecule has 0 bridgehead atoms. The quantitative estimate of drug-likeness (QED) is 0.478. The zero-order valence-corrected chi connectivity index (χ0v) is 8.52. The number of ketones is 1. The van der Waals surface area contributed by atoms with Gasteiger partial charge < -0.3 is 5.11 Å². The summed E-state index contributed by atoms with van der Waals surface area (Å²) < 4.78 is 0. The number of halogens is 1. The topological polar surface area (TPSA) is 54.4 Å². The standard InChI is InChI=1S/C11H9ClO3/c12-11(15)10(14)9(13)7-6-8-4-2-1-3-5-8/h1-7,10,14H. The van der Waals surface area contributed by atoms with Gasteiger partial charge in [0, 0.05) is 0 Å². The van der Waals surface area contributed by atoms with Crippen LogP contribution in [-0.4, -0.2) is 22.2 Å². The van der Waals surface area contributed by atoms with Crippen molar-refractivity contribution in [2.24, 2.45) is 0 Å². The molecule has 0 heterocycles. The fourth-order valence-electron chi connectivity index (χ4n) is 0.945. The molecule has 1 unspecified atom stereocenters. The zero-order valence-electron chi connectivity index (χ0n) is 7.76. The average Bonchev–Trinajstić information content (AvgIpc) is 2.26. The van der Waals surface area contributed by atoms with E-state index in [-0.39, 0.29) is 0 Å². The molecule has 0 aliphatic carbocycles. The summed E-state index contributed by atoms with van der Waals surface area (Å²) in [6, 6.07) is 9.05. The van der Waals surface area contributed by atoms with Crippen molar-refractivity contribution in [2.45, 2.75) is 6.10 Å². The van der Waals surface area contributed by atoms with Crippen LogP contribution in [0.3, 0.4) is 0 Å². The van der Waals surface area contributed by atoms with E-state index in [4.69, 9.17) is 16.7 Å². The summed E-state index contributed by atoms with van der Waals surface area (Å²) in [7, 11) is 0.